The Bertz CT molecular complexity index is 839. The first-order chi connectivity index (χ1) is 12.6. The van der Waals surface area contributed by atoms with Gasteiger partial charge in [-0.2, -0.15) is 5.10 Å². The van der Waals surface area contributed by atoms with Crippen molar-refractivity contribution in [3.63, 3.8) is 0 Å². The summed E-state index contributed by atoms with van der Waals surface area (Å²) in [5.74, 6) is 0.664. The van der Waals surface area contributed by atoms with E-state index >= 15 is 0 Å². The molecule has 0 spiro atoms. The topological polar surface area (TPSA) is 76.2 Å². The molecule has 2 heterocycles. The largest absolute Gasteiger partial charge is 0.491 e. The highest BCUT2D eigenvalue weighted by atomic mass is 16.5. The predicted molar refractivity (Wildman–Crippen MR) is 100 cm³/mol. The summed E-state index contributed by atoms with van der Waals surface area (Å²) < 4.78 is 11.2. The second-order valence-corrected chi connectivity index (χ2v) is 6.28. The van der Waals surface area contributed by atoms with Gasteiger partial charge in [-0.05, 0) is 37.6 Å². The molecule has 2 aromatic rings. The molecule has 1 aromatic heterocycles. The van der Waals surface area contributed by atoms with E-state index < -0.39 is 6.09 Å². The lowest BCUT2D eigenvalue weighted by molar-refractivity contribution is 0.125. The lowest BCUT2D eigenvalue weighted by Crippen LogP contribution is -2.27. The average molecular weight is 353 g/mol. The third kappa shape index (κ3) is 4.14. The molecule has 2 N–H and O–H groups in total. The van der Waals surface area contributed by atoms with E-state index in [0.717, 1.165) is 28.1 Å². The number of allylic oxidation sites excluding steroid dienone is 1. The third-order valence-electron chi connectivity index (χ3n) is 4.21. The zero-order chi connectivity index (χ0) is 18.5. The molecule has 6 heteroatoms. The number of H-pyrrole nitrogens is 1. The van der Waals surface area contributed by atoms with Gasteiger partial charge in [0.2, 0.25) is 0 Å². The van der Waals surface area contributed by atoms with E-state index in [2.05, 4.69) is 22.1 Å². The van der Waals surface area contributed by atoms with Crippen LogP contribution >= 0.6 is 0 Å². The number of carbonyl (C=O) groups is 1. The van der Waals surface area contributed by atoms with Gasteiger partial charge in [-0.15, -0.1) is 0 Å². The van der Waals surface area contributed by atoms with Crippen LogP contribution in [0.25, 0.3) is 17.3 Å². The van der Waals surface area contributed by atoms with Crippen molar-refractivity contribution in [2.24, 2.45) is 0 Å². The Morgan fingerprint density at radius 1 is 1.38 bits per heavy atom. The van der Waals surface area contributed by atoms with Crippen molar-refractivity contribution in [3.8, 4) is 11.3 Å². The van der Waals surface area contributed by atoms with Gasteiger partial charge in [-0.1, -0.05) is 24.8 Å². The molecule has 1 aliphatic heterocycles. The molecule has 0 fully saturated rings. The molecule has 3 rings (SSSR count). The second-order valence-electron chi connectivity index (χ2n) is 6.28. The standard InChI is InChI=1S/C20H23N3O3/c1-4-17-11-18-14(3)22-23-19(18)16-7-5-6-15(10-16)12-25-20(24)21-9-8-13(2)26-17/h4-7,10-11,13H,1,8-9,12H2,2-3H3,(H,21,24)(H,22,23). The van der Waals surface area contributed by atoms with E-state index in [1.807, 2.05) is 44.2 Å². The lowest BCUT2D eigenvalue weighted by Gasteiger charge is -2.16. The summed E-state index contributed by atoms with van der Waals surface area (Å²) in [6.07, 6.45) is 3.77. The number of nitrogens with one attached hydrogen (secondary N) is 2. The van der Waals surface area contributed by atoms with E-state index in [1.54, 1.807) is 6.08 Å². The lowest BCUT2D eigenvalue weighted by atomic mass is 10.0. The molecule has 0 saturated carbocycles. The summed E-state index contributed by atoms with van der Waals surface area (Å²) in [4.78, 5) is 11.8. The van der Waals surface area contributed by atoms with Gasteiger partial charge in [0, 0.05) is 29.8 Å². The number of hydrogen-bond acceptors (Lipinski definition) is 4. The van der Waals surface area contributed by atoms with Gasteiger partial charge < -0.3 is 14.8 Å². The van der Waals surface area contributed by atoms with Crippen LogP contribution in [0.4, 0.5) is 4.79 Å². The first-order valence-electron chi connectivity index (χ1n) is 8.62. The number of ether oxygens (including phenoxy) is 2. The minimum absolute atomic E-state index is 0.0821. The van der Waals surface area contributed by atoms with Gasteiger partial charge >= 0.3 is 6.09 Å². The first kappa shape index (κ1) is 17.8. The molecule has 26 heavy (non-hydrogen) atoms. The molecule has 1 aliphatic rings. The second kappa shape index (κ2) is 7.91. The van der Waals surface area contributed by atoms with Gasteiger partial charge in [0.15, 0.2) is 0 Å². The number of carbonyl (C=O) groups excluding carboxylic acids is 1. The molecule has 1 atom stereocenters. The highest BCUT2D eigenvalue weighted by molar-refractivity contribution is 5.75. The zero-order valence-electron chi connectivity index (χ0n) is 15.0. The van der Waals surface area contributed by atoms with Crippen LogP contribution in [0, 0.1) is 6.92 Å². The summed E-state index contributed by atoms with van der Waals surface area (Å²) in [5.41, 5.74) is 4.55. The third-order valence-corrected chi connectivity index (χ3v) is 4.21. The highest BCUT2D eigenvalue weighted by Gasteiger charge is 2.14. The monoisotopic (exact) mass is 353 g/mol. The first-order valence-corrected chi connectivity index (χ1v) is 8.62. The Labute approximate surface area is 152 Å². The molecular formula is C20H23N3O3. The Morgan fingerprint density at radius 3 is 3.04 bits per heavy atom. The molecular weight excluding hydrogens is 330 g/mol. The fourth-order valence-electron chi connectivity index (χ4n) is 2.79. The molecule has 0 aliphatic carbocycles. The van der Waals surface area contributed by atoms with Crippen LogP contribution in [0.15, 0.2) is 42.7 Å². The number of rotatable bonds is 1. The summed E-state index contributed by atoms with van der Waals surface area (Å²) >= 11 is 0. The van der Waals surface area contributed by atoms with Crippen LogP contribution in [-0.4, -0.2) is 28.9 Å². The Kier molecular flexibility index (Phi) is 5.41. The van der Waals surface area contributed by atoms with Crippen molar-refractivity contribution in [3.05, 3.63) is 59.5 Å². The van der Waals surface area contributed by atoms with Crippen molar-refractivity contribution in [2.45, 2.75) is 33.0 Å². The van der Waals surface area contributed by atoms with Crippen LogP contribution in [0.5, 0.6) is 0 Å². The van der Waals surface area contributed by atoms with E-state index in [1.165, 1.54) is 0 Å². The number of benzene rings is 1. The van der Waals surface area contributed by atoms with Crippen LogP contribution < -0.4 is 5.32 Å². The smallest absolute Gasteiger partial charge is 0.407 e. The van der Waals surface area contributed by atoms with Crippen molar-refractivity contribution in [2.75, 3.05) is 6.54 Å². The minimum Gasteiger partial charge on any atom is -0.491 e. The Morgan fingerprint density at radius 2 is 2.23 bits per heavy atom. The maximum Gasteiger partial charge on any atom is 0.407 e. The number of nitrogens with zero attached hydrogens (tertiary/aromatic N) is 1. The summed E-state index contributed by atoms with van der Waals surface area (Å²) in [7, 11) is 0. The van der Waals surface area contributed by atoms with Crippen LogP contribution in [0.3, 0.4) is 0 Å². The summed E-state index contributed by atoms with van der Waals surface area (Å²) in [5, 5.41) is 10.2. The molecule has 0 radical (unpaired) electrons. The van der Waals surface area contributed by atoms with E-state index in [4.69, 9.17) is 9.47 Å². The summed E-state index contributed by atoms with van der Waals surface area (Å²) in [6.45, 7) is 8.45. The fourth-order valence-corrected chi connectivity index (χ4v) is 2.79. The van der Waals surface area contributed by atoms with E-state index in [9.17, 15) is 4.79 Å². The van der Waals surface area contributed by atoms with Crippen molar-refractivity contribution in [1.82, 2.24) is 15.5 Å². The summed E-state index contributed by atoms with van der Waals surface area (Å²) in [6, 6.07) is 7.79. The van der Waals surface area contributed by atoms with Gasteiger partial charge in [-0.3, -0.25) is 5.10 Å². The van der Waals surface area contributed by atoms with E-state index in [-0.39, 0.29) is 12.7 Å². The maximum absolute atomic E-state index is 11.8. The van der Waals surface area contributed by atoms with Gasteiger partial charge in [0.1, 0.15) is 12.4 Å². The fraction of sp³-hybridized carbons (Fsp3) is 0.300. The van der Waals surface area contributed by atoms with Crippen molar-refractivity contribution >= 4 is 12.2 Å². The number of hydrogen-bond donors (Lipinski definition) is 2. The average Bonchev–Trinajstić information content (AvgIpc) is 2.99. The van der Waals surface area contributed by atoms with Gasteiger partial charge in [-0.25, -0.2) is 4.79 Å². The maximum atomic E-state index is 11.8. The normalized spacial score (nSPS) is 18.2. The van der Waals surface area contributed by atoms with Gasteiger partial charge in [0.05, 0.1) is 11.8 Å². The molecule has 0 saturated heterocycles. The number of amides is 1. The van der Waals surface area contributed by atoms with Crippen LogP contribution in [-0.2, 0) is 16.1 Å². The molecule has 1 unspecified atom stereocenters. The SMILES string of the molecule is C=CC1=Cc2c(n[nH]c2C)-c2cccc(c2)COC(=O)NCCC(C)O1. The molecule has 136 valence electrons. The zero-order valence-corrected chi connectivity index (χ0v) is 15.0. The predicted octanol–water partition coefficient (Wildman–Crippen LogP) is 3.95. The highest BCUT2D eigenvalue weighted by Crippen LogP contribution is 2.27. The van der Waals surface area contributed by atoms with Crippen LogP contribution in [0.1, 0.15) is 30.2 Å². The molecule has 2 bridgehead atoms. The number of aryl methyl sites for hydroxylation is 1. The quantitative estimate of drug-likeness (QED) is 0.814. The number of alkyl carbamates (subject to hydrolysis) is 1. The number of aromatic nitrogens is 2. The van der Waals surface area contributed by atoms with E-state index in [0.29, 0.717) is 18.7 Å². The Balaban J connectivity index is 2.05. The van der Waals surface area contributed by atoms with Crippen LogP contribution in [0.2, 0.25) is 0 Å². The molecule has 1 aromatic carbocycles. The number of fused-ring (bicyclic) bond motifs is 4. The molecule has 1 amide bonds. The Hall–Kier alpha value is -3.02. The number of cyclic esters (lactones) is 1. The molecule has 6 nitrogen and oxygen atoms in total. The van der Waals surface area contributed by atoms with Gasteiger partial charge in [0.25, 0.3) is 0 Å². The number of aromatic amines is 1. The van der Waals surface area contributed by atoms with Crippen molar-refractivity contribution in [1.29, 1.82) is 0 Å². The van der Waals surface area contributed by atoms with Crippen molar-refractivity contribution < 1.29 is 14.3 Å². The minimum atomic E-state index is -0.437.